The van der Waals surface area contributed by atoms with Crippen molar-refractivity contribution in [1.82, 2.24) is 24.3 Å². The Morgan fingerprint density at radius 3 is 2.64 bits per heavy atom. The molecule has 0 bridgehead atoms. The van der Waals surface area contributed by atoms with Crippen molar-refractivity contribution in [2.75, 3.05) is 38.2 Å². The zero-order chi connectivity index (χ0) is 19.4. The van der Waals surface area contributed by atoms with Crippen LogP contribution < -0.4 is 15.7 Å². The Labute approximate surface area is 165 Å². The maximum atomic E-state index is 13.1. The number of pyridine rings is 1. The number of nitrogens with zero attached hydrogens (tertiary/aromatic N) is 6. The van der Waals surface area contributed by atoms with Crippen LogP contribution in [0.4, 0.5) is 0 Å². The lowest BCUT2D eigenvalue weighted by Crippen LogP contribution is -2.51. The summed E-state index contributed by atoms with van der Waals surface area (Å²) in [6.07, 6.45) is 0. The Bertz CT molecular complexity index is 1170. The van der Waals surface area contributed by atoms with Crippen molar-refractivity contribution in [2.45, 2.75) is 6.92 Å². The van der Waals surface area contributed by atoms with E-state index in [1.165, 1.54) is 22.1 Å². The number of para-hydroxylation sites is 1. The summed E-state index contributed by atoms with van der Waals surface area (Å²) in [5.74, 6) is -0.163. The monoisotopic (exact) mass is 395 g/mol. The SMILES string of the molecule is Cc1c2c(=O)n(-c3nc4ccccc4s3)nc-2cc([O-])n1N1CCN(C)CC1. The van der Waals surface area contributed by atoms with Crippen LogP contribution in [0.2, 0.25) is 0 Å². The summed E-state index contributed by atoms with van der Waals surface area (Å²) in [4.78, 5) is 19.9. The standard InChI is InChI=1S/C19H20N6O2S/c1-12-17-14(11-16(26)25(12)23-9-7-22(2)8-10-23)21-24(18(17)27)19-20-13-5-3-4-6-15(13)28-19/h3-6,11,26H,7-10H2,1-2H3/p-1. The Kier molecular flexibility index (Phi) is 3.88. The summed E-state index contributed by atoms with van der Waals surface area (Å²) >= 11 is 1.41. The van der Waals surface area contributed by atoms with Crippen LogP contribution in [0.3, 0.4) is 0 Å². The van der Waals surface area contributed by atoms with Crippen LogP contribution in [0, 0.1) is 6.92 Å². The number of hydrogen-bond donors (Lipinski definition) is 0. The molecule has 0 saturated carbocycles. The molecule has 1 fully saturated rings. The number of rotatable bonds is 2. The maximum Gasteiger partial charge on any atom is 0.284 e. The number of hydrogen-bond acceptors (Lipinski definition) is 7. The zero-order valence-corrected chi connectivity index (χ0v) is 16.4. The van der Waals surface area contributed by atoms with Gasteiger partial charge >= 0.3 is 0 Å². The van der Waals surface area contributed by atoms with Crippen molar-refractivity contribution in [3.8, 4) is 22.3 Å². The molecule has 2 aromatic rings. The van der Waals surface area contributed by atoms with E-state index in [-0.39, 0.29) is 11.4 Å². The molecule has 0 aliphatic carbocycles. The van der Waals surface area contributed by atoms with Gasteiger partial charge in [0, 0.05) is 26.2 Å². The summed E-state index contributed by atoms with van der Waals surface area (Å²) in [6, 6.07) is 9.18. The fourth-order valence-electron chi connectivity index (χ4n) is 3.74. The third-order valence-corrected chi connectivity index (χ3v) is 6.26. The highest BCUT2D eigenvalue weighted by Crippen LogP contribution is 2.29. The Morgan fingerprint density at radius 1 is 1.14 bits per heavy atom. The molecule has 1 aromatic heterocycles. The third kappa shape index (κ3) is 2.58. The minimum absolute atomic E-state index is 0.163. The van der Waals surface area contributed by atoms with Crippen molar-refractivity contribution in [3.05, 3.63) is 46.4 Å². The van der Waals surface area contributed by atoms with Crippen molar-refractivity contribution in [1.29, 1.82) is 0 Å². The summed E-state index contributed by atoms with van der Waals surface area (Å²) in [5.41, 5.74) is 2.10. The van der Waals surface area contributed by atoms with E-state index in [1.54, 1.807) is 4.68 Å². The molecule has 1 aromatic carbocycles. The van der Waals surface area contributed by atoms with Gasteiger partial charge in [-0.2, -0.15) is 9.78 Å². The van der Waals surface area contributed by atoms with E-state index in [0.29, 0.717) is 22.1 Å². The predicted octanol–water partition coefficient (Wildman–Crippen LogP) is 1.01. The van der Waals surface area contributed by atoms with Gasteiger partial charge < -0.3 is 15.0 Å². The van der Waals surface area contributed by atoms with Crippen LogP contribution in [0.25, 0.3) is 26.6 Å². The number of thiazole rings is 1. The highest BCUT2D eigenvalue weighted by atomic mass is 32.1. The summed E-state index contributed by atoms with van der Waals surface area (Å²) in [7, 11) is 2.06. The molecule has 0 amide bonds. The normalized spacial score (nSPS) is 15.7. The van der Waals surface area contributed by atoms with E-state index in [0.717, 1.165) is 36.4 Å². The molecule has 0 spiro atoms. The second-order valence-electron chi connectivity index (χ2n) is 7.08. The van der Waals surface area contributed by atoms with Gasteiger partial charge in [-0.15, -0.1) is 0 Å². The van der Waals surface area contributed by atoms with Gasteiger partial charge in [0.25, 0.3) is 5.56 Å². The quantitative estimate of drug-likeness (QED) is 0.504. The van der Waals surface area contributed by atoms with Gasteiger partial charge in [-0.25, -0.2) is 4.98 Å². The first-order valence-electron chi connectivity index (χ1n) is 9.15. The summed E-state index contributed by atoms with van der Waals surface area (Å²) in [6.45, 7) is 5.04. The Hall–Kier alpha value is -2.91. The van der Waals surface area contributed by atoms with Gasteiger partial charge in [0.05, 0.1) is 27.2 Å². The number of likely N-dealkylation sites (N-methyl/N-ethyl adjacent to an activating group) is 1. The molecule has 8 nitrogen and oxygen atoms in total. The molecule has 5 rings (SSSR count). The molecule has 0 atom stereocenters. The average Bonchev–Trinajstić information content (AvgIpc) is 3.24. The fraction of sp³-hybridized carbons (Fsp3) is 0.316. The molecule has 9 heteroatoms. The molecule has 0 N–H and O–H groups in total. The van der Waals surface area contributed by atoms with E-state index in [2.05, 4.69) is 22.0 Å². The molecular formula is C19H19N6O2S-. The van der Waals surface area contributed by atoms with Crippen molar-refractivity contribution < 1.29 is 5.11 Å². The average molecular weight is 395 g/mol. The van der Waals surface area contributed by atoms with Crippen molar-refractivity contribution in [3.63, 3.8) is 0 Å². The molecule has 0 radical (unpaired) electrons. The first kappa shape index (κ1) is 17.2. The van der Waals surface area contributed by atoms with Crippen LogP contribution >= 0.6 is 11.3 Å². The van der Waals surface area contributed by atoms with Crippen molar-refractivity contribution in [2.24, 2.45) is 0 Å². The predicted molar refractivity (Wildman–Crippen MR) is 107 cm³/mol. The minimum Gasteiger partial charge on any atom is -0.859 e. The first-order chi connectivity index (χ1) is 13.5. The maximum absolute atomic E-state index is 13.1. The number of piperazine rings is 1. The third-order valence-electron chi connectivity index (χ3n) is 5.24. The summed E-state index contributed by atoms with van der Waals surface area (Å²) < 4.78 is 3.93. The molecule has 144 valence electrons. The van der Waals surface area contributed by atoms with E-state index in [9.17, 15) is 9.90 Å². The Morgan fingerprint density at radius 2 is 1.89 bits per heavy atom. The van der Waals surface area contributed by atoms with E-state index < -0.39 is 0 Å². The first-order valence-corrected chi connectivity index (χ1v) is 9.97. The molecule has 4 heterocycles. The zero-order valence-electron chi connectivity index (χ0n) is 15.6. The smallest absolute Gasteiger partial charge is 0.284 e. The minimum atomic E-state index is -0.241. The van der Waals surface area contributed by atoms with Gasteiger partial charge in [-0.1, -0.05) is 23.5 Å². The number of benzene rings is 1. The second kappa shape index (κ2) is 6.32. The van der Waals surface area contributed by atoms with Crippen LogP contribution in [0.5, 0.6) is 5.88 Å². The van der Waals surface area contributed by atoms with Crippen LogP contribution in [-0.4, -0.2) is 57.6 Å². The molecule has 3 aliphatic heterocycles. The molecule has 28 heavy (non-hydrogen) atoms. The van der Waals surface area contributed by atoms with Crippen LogP contribution in [-0.2, 0) is 0 Å². The van der Waals surface area contributed by atoms with Gasteiger partial charge in [-0.3, -0.25) is 9.47 Å². The van der Waals surface area contributed by atoms with Gasteiger partial charge in [0.15, 0.2) is 0 Å². The lowest BCUT2D eigenvalue weighted by atomic mass is 10.1. The number of fused-ring (bicyclic) bond motifs is 2. The van der Waals surface area contributed by atoms with E-state index in [4.69, 9.17) is 0 Å². The lowest BCUT2D eigenvalue weighted by Gasteiger charge is -2.39. The number of aromatic nitrogens is 4. The largest absolute Gasteiger partial charge is 0.859 e. The highest BCUT2D eigenvalue weighted by molar-refractivity contribution is 7.20. The molecular weight excluding hydrogens is 376 g/mol. The summed E-state index contributed by atoms with van der Waals surface area (Å²) in [5, 5.41) is 19.7. The van der Waals surface area contributed by atoms with Crippen LogP contribution in [0.1, 0.15) is 5.69 Å². The van der Waals surface area contributed by atoms with Gasteiger partial charge in [0.1, 0.15) is 0 Å². The fourth-order valence-corrected chi connectivity index (χ4v) is 4.65. The highest BCUT2D eigenvalue weighted by Gasteiger charge is 2.24. The molecule has 0 unspecified atom stereocenters. The van der Waals surface area contributed by atoms with Gasteiger partial charge in [0.2, 0.25) is 5.13 Å². The second-order valence-corrected chi connectivity index (χ2v) is 8.09. The van der Waals surface area contributed by atoms with Gasteiger partial charge in [-0.05, 0) is 38.1 Å². The lowest BCUT2D eigenvalue weighted by molar-refractivity contribution is -0.279. The molecule has 3 aliphatic rings. The molecule has 1 saturated heterocycles. The van der Waals surface area contributed by atoms with E-state index in [1.807, 2.05) is 36.2 Å². The van der Waals surface area contributed by atoms with E-state index >= 15 is 0 Å². The van der Waals surface area contributed by atoms with Crippen LogP contribution in [0.15, 0.2) is 35.1 Å². The topological polar surface area (TPSA) is 82.2 Å². The van der Waals surface area contributed by atoms with Crippen molar-refractivity contribution >= 4 is 21.6 Å². The Balaban J connectivity index is 1.66.